The van der Waals surface area contributed by atoms with Gasteiger partial charge in [-0.15, -0.1) is 0 Å². The van der Waals surface area contributed by atoms with E-state index < -0.39 is 18.6 Å². The average Bonchev–Trinajstić information content (AvgIpc) is 2.35. The number of rotatable bonds is 8. The second-order valence-electron chi connectivity index (χ2n) is 4.08. The number of carboxylic acid groups (broad SMARTS) is 1. The highest BCUT2D eigenvalue weighted by molar-refractivity contribution is 5.77. The van der Waals surface area contributed by atoms with E-state index in [2.05, 4.69) is 10.1 Å². The molecule has 0 heterocycles. The van der Waals surface area contributed by atoms with E-state index in [1.165, 1.54) is 24.3 Å². The number of aliphatic carboxylic acids is 1. The van der Waals surface area contributed by atoms with Crippen molar-refractivity contribution in [3.63, 3.8) is 0 Å². The molecule has 1 aromatic rings. The van der Waals surface area contributed by atoms with Crippen molar-refractivity contribution in [2.75, 3.05) is 5.32 Å². The number of hydrogen-bond donors (Lipinski definition) is 2. The SMILES string of the molecule is CCCCC(Nc1ccc(OC(F)F)cc1)C(=O)O. The first-order chi connectivity index (χ1) is 9.02. The number of ether oxygens (including phenoxy) is 1. The maximum Gasteiger partial charge on any atom is 0.387 e. The summed E-state index contributed by atoms with van der Waals surface area (Å²) >= 11 is 0. The van der Waals surface area contributed by atoms with Gasteiger partial charge in [-0.3, -0.25) is 0 Å². The van der Waals surface area contributed by atoms with Crippen molar-refractivity contribution in [3.05, 3.63) is 24.3 Å². The van der Waals surface area contributed by atoms with Gasteiger partial charge in [-0.2, -0.15) is 8.78 Å². The van der Waals surface area contributed by atoms with Crippen LogP contribution in [0.1, 0.15) is 26.2 Å². The number of nitrogens with one attached hydrogen (secondary N) is 1. The Morgan fingerprint density at radius 2 is 2.00 bits per heavy atom. The van der Waals surface area contributed by atoms with Crippen LogP contribution in [0.25, 0.3) is 0 Å². The van der Waals surface area contributed by atoms with Crippen molar-refractivity contribution < 1.29 is 23.4 Å². The minimum atomic E-state index is -2.87. The molecule has 19 heavy (non-hydrogen) atoms. The number of hydrogen-bond acceptors (Lipinski definition) is 3. The summed E-state index contributed by atoms with van der Waals surface area (Å²) < 4.78 is 28.1. The molecule has 2 N–H and O–H groups in total. The average molecular weight is 273 g/mol. The van der Waals surface area contributed by atoms with Gasteiger partial charge in [-0.1, -0.05) is 19.8 Å². The molecule has 0 aliphatic carbocycles. The van der Waals surface area contributed by atoms with E-state index >= 15 is 0 Å². The van der Waals surface area contributed by atoms with Crippen molar-refractivity contribution >= 4 is 11.7 Å². The first kappa shape index (κ1) is 15.2. The Morgan fingerprint density at radius 1 is 1.37 bits per heavy atom. The monoisotopic (exact) mass is 273 g/mol. The number of halogens is 2. The molecule has 4 nitrogen and oxygen atoms in total. The Bertz CT molecular complexity index is 395. The summed E-state index contributed by atoms with van der Waals surface area (Å²) in [5, 5.41) is 11.9. The Balaban J connectivity index is 2.61. The second-order valence-corrected chi connectivity index (χ2v) is 4.08. The molecule has 0 aromatic heterocycles. The molecule has 0 spiro atoms. The third-order valence-corrected chi connectivity index (χ3v) is 2.56. The van der Waals surface area contributed by atoms with E-state index in [-0.39, 0.29) is 5.75 Å². The molecule has 1 rings (SSSR count). The van der Waals surface area contributed by atoms with Gasteiger partial charge < -0.3 is 15.2 Å². The van der Waals surface area contributed by atoms with Crippen LogP contribution in [0.3, 0.4) is 0 Å². The van der Waals surface area contributed by atoms with E-state index in [0.717, 1.165) is 12.8 Å². The number of carbonyl (C=O) groups is 1. The van der Waals surface area contributed by atoms with Gasteiger partial charge in [0.25, 0.3) is 0 Å². The smallest absolute Gasteiger partial charge is 0.387 e. The second kappa shape index (κ2) is 7.56. The van der Waals surface area contributed by atoms with Crippen LogP contribution in [0.15, 0.2) is 24.3 Å². The molecule has 0 amide bonds. The molecule has 0 saturated carbocycles. The maximum absolute atomic E-state index is 12.0. The topological polar surface area (TPSA) is 58.6 Å². The molecular formula is C13H17F2NO3. The minimum absolute atomic E-state index is 0.0426. The molecule has 0 fully saturated rings. The van der Waals surface area contributed by atoms with Crippen LogP contribution in [0, 0.1) is 0 Å². The Kier molecular flexibility index (Phi) is 6.05. The quantitative estimate of drug-likeness (QED) is 0.762. The zero-order valence-corrected chi connectivity index (χ0v) is 10.6. The third kappa shape index (κ3) is 5.54. The van der Waals surface area contributed by atoms with Crippen molar-refractivity contribution in [1.29, 1.82) is 0 Å². The normalized spacial score (nSPS) is 12.2. The molecule has 1 aromatic carbocycles. The van der Waals surface area contributed by atoms with Crippen LogP contribution in [0.2, 0.25) is 0 Å². The lowest BCUT2D eigenvalue weighted by Gasteiger charge is -2.15. The van der Waals surface area contributed by atoms with Crippen LogP contribution in [0.5, 0.6) is 5.75 Å². The number of unbranched alkanes of at least 4 members (excludes halogenated alkanes) is 1. The van der Waals surface area contributed by atoms with Gasteiger partial charge in [0, 0.05) is 5.69 Å². The van der Waals surface area contributed by atoms with E-state index in [1.54, 1.807) is 0 Å². The van der Waals surface area contributed by atoms with Gasteiger partial charge in [0.2, 0.25) is 0 Å². The molecule has 0 bridgehead atoms. The number of benzene rings is 1. The highest BCUT2D eigenvalue weighted by Gasteiger charge is 2.16. The highest BCUT2D eigenvalue weighted by Crippen LogP contribution is 2.19. The van der Waals surface area contributed by atoms with Gasteiger partial charge >= 0.3 is 12.6 Å². The lowest BCUT2D eigenvalue weighted by Crippen LogP contribution is -2.29. The number of carboxylic acids is 1. The summed E-state index contributed by atoms with van der Waals surface area (Å²) in [6, 6.07) is 5.08. The van der Waals surface area contributed by atoms with Gasteiger partial charge in [0.05, 0.1) is 0 Å². The minimum Gasteiger partial charge on any atom is -0.480 e. The molecule has 0 saturated heterocycles. The number of anilines is 1. The lowest BCUT2D eigenvalue weighted by molar-refractivity contribution is -0.138. The van der Waals surface area contributed by atoms with Crippen molar-refractivity contribution in [1.82, 2.24) is 0 Å². The fourth-order valence-corrected chi connectivity index (χ4v) is 1.60. The number of alkyl halides is 2. The molecular weight excluding hydrogens is 256 g/mol. The molecule has 106 valence electrons. The molecule has 1 atom stereocenters. The molecule has 0 radical (unpaired) electrons. The largest absolute Gasteiger partial charge is 0.480 e. The van der Waals surface area contributed by atoms with Crippen molar-refractivity contribution in [2.45, 2.75) is 38.8 Å². The van der Waals surface area contributed by atoms with Crippen LogP contribution >= 0.6 is 0 Å². The summed E-state index contributed by atoms with van der Waals surface area (Å²) in [6.07, 6.45) is 2.23. The molecule has 1 unspecified atom stereocenters. The van der Waals surface area contributed by atoms with E-state index in [4.69, 9.17) is 5.11 Å². The zero-order chi connectivity index (χ0) is 14.3. The zero-order valence-electron chi connectivity index (χ0n) is 10.6. The van der Waals surface area contributed by atoms with Crippen molar-refractivity contribution in [3.8, 4) is 5.75 Å². The summed E-state index contributed by atoms with van der Waals surface area (Å²) in [6.45, 7) is -0.884. The van der Waals surface area contributed by atoms with Crippen LogP contribution in [-0.2, 0) is 4.79 Å². The van der Waals surface area contributed by atoms with E-state index in [0.29, 0.717) is 12.1 Å². The molecule has 0 aliphatic heterocycles. The first-order valence-corrected chi connectivity index (χ1v) is 6.07. The first-order valence-electron chi connectivity index (χ1n) is 6.07. The Morgan fingerprint density at radius 3 is 2.47 bits per heavy atom. The summed E-state index contributed by atoms with van der Waals surface area (Å²) in [5.74, 6) is -0.887. The summed E-state index contributed by atoms with van der Waals surface area (Å²) in [4.78, 5) is 11.0. The predicted molar refractivity (Wildman–Crippen MR) is 67.6 cm³/mol. The van der Waals surface area contributed by atoms with Crippen molar-refractivity contribution in [2.24, 2.45) is 0 Å². The van der Waals surface area contributed by atoms with Gasteiger partial charge in [-0.25, -0.2) is 4.79 Å². The highest BCUT2D eigenvalue weighted by atomic mass is 19.3. The van der Waals surface area contributed by atoms with Gasteiger partial charge in [0.15, 0.2) is 0 Å². The summed E-state index contributed by atoms with van der Waals surface area (Å²) in [7, 11) is 0. The third-order valence-electron chi connectivity index (χ3n) is 2.56. The van der Waals surface area contributed by atoms with Crippen LogP contribution in [0.4, 0.5) is 14.5 Å². The van der Waals surface area contributed by atoms with E-state index in [1.807, 2.05) is 6.92 Å². The van der Waals surface area contributed by atoms with Gasteiger partial charge in [0.1, 0.15) is 11.8 Å². The standard InChI is InChI=1S/C13H17F2NO3/c1-2-3-4-11(12(17)18)16-9-5-7-10(8-6-9)19-13(14)15/h5-8,11,13,16H,2-4H2,1H3,(H,17,18). The van der Waals surface area contributed by atoms with Gasteiger partial charge in [-0.05, 0) is 30.7 Å². The Labute approximate surface area is 110 Å². The van der Waals surface area contributed by atoms with Crippen LogP contribution in [-0.4, -0.2) is 23.7 Å². The Hall–Kier alpha value is -1.85. The maximum atomic E-state index is 12.0. The molecule has 0 aliphatic rings. The molecule has 6 heteroatoms. The predicted octanol–water partition coefficient (Wildman–Crippen LogP) is 3.34. The van der Waals surface area contributed by atoms with E-state index in [9.17, 15) is 13.6 Å². The summed E-state index contributed by atoms with van der Waals surface area (Å²) in [5.41, 5.74) is 0.560. The fourth-order valence-electron chi connectivity index (χ4n) is 1.60. The lowest BCUT2D eigenvalue weighted by atomic mass is 10.1. The van der Waals surface area contributed by atoms with Crippen LogP contribution < -0.4 is 10.1 Å². The fraction of sp³-hybridized carbons (Fsp3) is 0.462.